The minimum atomic E-state index is 0.366. The molecule has 1 aromatic rings. The number of hydrogen-bond acceptors (Lipinski definition) is 2. The fraction of sp³-hybridized carbons (Fsp3) is 0.600. The molecule has 4 heteroatoms. The molecule has 2 nitrogen and oxygen atoms in total. The first-order valence-electron chi connectivity index (χ1n) is 6.71. The Hall–Kier alpha value is -0.220. The van der Waals surface area contributed by atoms with Gasteiger partial charge in [0.2, 0.25) is 0 Å². The van der Waals surface area contributed by atoms with Crippen LogP contribution in [-0.2, 0) is 0 Å². The third-order valence-corrected chi connectivity index (χ3v) is 5.41. The number of methoxy groups -OCH3 is 2. The third-order valence-electron chi connectivity index (χ3n) is 3.86. The summed E-state index contributed by atoms with van der Waals surface area (Å²) in [5.41, 5.74) is 1.24. The molecular weight excluding hydrogens is 372 g/mol. The van der Waals surface area contributed by atoms with Crippen LogP contribution in [0.2, 0.25) is 0 Å². The average Bonchev–Trinajstić information content (AvgIpc) is 2.90. The first-order chi connectivity index (χ1) is 9.15. The molecule has 1 aliphatic rings. The summed E-state index contributed by atoms with van der Waals surface area (Å²) in [6.07, 6.45) is 6.70. The van der Waals surface area contributed by atoms with Gasteiger partial charge in [-0.15, -0.1) is 0 Å². The number of ether oxygens (including phenoxy) is 2. The van der Waals surface area contributed by atoms with E-state index in [4.69, 9.17) is 9.47 Å². The largest absolute Gasteiger partial charge is 0.493 e. The fourth-order valence-electron chi connectivity index (χ4n) is 2.78. The van der Waals surface area contributed by atoms with Gasteiger partial charge in [0.1, 0.15) is 0 Å². The van der Waals surface area contributed by atoms with Crippen LogP contribution in [0.25, 0.3) is 0 Å². The van der Waals surface area contributed by atoms with E-state index < -0.39 is 0 Å². The van der Waals surface area contributed by atoms with E-state index in [0.29, 0.717) is 4.83 Å². The standard InChI is InChI=1S/C15H20Br2O2/c1-18-14-8-11(13(17)9-15(14)19-2)12(16)7-10-5-3-4-6-10/h8-10,12H,3-7H2,1-2H3. The second-order valence-electron chi connectivity index (χ2n) is 5.08. The Morgan fingerprint density at radius 3 is 2.32 bits per heavy atom. The van der Waals surface area contributed by atoms with Crippen molar-refractivity contribution in [2.45, 2.75) is 36.9 Å². The van der Waals surface area contributed by atoms with Crippen LogP contribution < -0.4 is 9.47 Å². The Kier molecular flexibility index (Phi) is 5.58. The van der Waals surface area contributed by atoms with E-state index in [1.807, 2.05) is 6.07 Å². The molecule has 1 atom stereocenters. The minimum Gasteiger partial charge on any atom is -0.493 e. The van der Waals surface area contributed by atoms with Crippen LogP contribution in [0.4, 0.5) is 0 Å². The summed E-state index contributed by atoms with van der Waals surface area (Å²) in [7, 11) is 3.34. The SMILES string of the molecule is COc1cc(Br)c(C(Br)CC2CCCC2)cc1OC. The van der Waals surface area contributed by atoms with E-state index in [2.05, 4.69) is 37.9 Å². The predicted octanol–water partition coefficient (Wildman–Crippen LogP) is 5.48. The summed E-state index contributed by atoms with van der Waals surface area (Å²) in [6.45, 7) is 0. The van der Waals surface area contributed by atoms with Gasteiger partial charge in [0.15, 0.2) is 11.5 Å². The topological polar surface area (TPSA) is 18.5 Å². The van der Waals surface area contributed by atoms with Gasteiger partial charge in [-0.3, -0.25) is 0 Å². The Balaban J connectivity index is 2.17. The van der Waals surface area contributed by atoms with Gasteiger partial charge in [0, 0.05) is 9.30 Å². The van der Waals surface area contributed by atoms with Crippen LogP contribution in [0.15, 0.2) is 16.6 Å². The summed E-state index contributed by atoms with van der Waals surface area (Å²) >= 11 is 7.47. The summed E-state index contributed by atoms with van der Waals surface area (Å²) in [6, 6.07) is 4.05. The second-order valence-corrected chi connectivity index (χ2v) is 7.04. The van der Waals surface area contributed by atoms with Gasteiger partial charge in [-0.25, -0.2) is 0 Å². The van der Waals surface area contributed by atoms with Crippen LogP contribution in [0.3, 0.4) is 0 Å². The summed E-state index contributed by atoms with van der Waals surface area (Å²) in [5, 5.41) is 0. The van der Waals surface area contributed by atoms with Gasteiger partial charge < -0.3 is 9.47 Å². The molecule has 0 radical (unpaired) electrons. The lowest BCUT2D eigenvalue weighted by Crippen LogP contribution is -2.01. The molecule has 106 valence electrons. The highest BCUT2D eigenvalue weighted by Crippen LogP contribution is 2.43. The monoisotopic (exact) mass is 390 g/mol. The number of hydrogen-bond donors (Lipinski definition) is 0. The smallest absolute Gasteiger partial charge is 0.161 e. The van der Waals surface area contributed by atoms with E-state index in [0.717, 1.165) is 21.9 Å². The quantitative estimate of drug-likeness (QED) is 0.618. The van der Waals surface area contributed by atoms with Crippen molar-refractivity contribution >= 4 is 31.9 Å². The highest BCUT2D eigenvalue weighted by molar-refractivity contribution is 9.11. The van der Waals surface area contributed by atoms with E-state index >= 15 is 0 Å². The lowest BCUT2D eigenvalue weighted by atomic mass is 9.98. The first kappa shape index (κ1) is 15.2. The minimum absolute atomic E-state index is 0.366. The Bertz CT molecular complexity index is 428. The number of alkyl halides is 1. The zero-order valence-electron chi connectivity index (χ0n) is 11.4. The maximum absolute atomic E-state index is 5.39. The first-order valence-corrected chi connectivity index (χ1v) is 8.42. The molecule has 0 aromatic heterocycles. The molecule has 0 amide bonds. The van der Waals surface area contributed by atoms with Crippen molar-refractivity contribution in [3.05, 3.63) is 22.2 Å². The molecule has 0 saturated heterocycles. The normalized spacial score (nSPS) is 17.5. The van der Waals surface area contributed by atoms with Crippen molar-refractivity contribution < 1.29 is 9.47 Å². The number of rotatable bonds is 5. The molecule has 0 spiro atoms. The van der Waals surface area contributed by atoms with E-state index in [1.54, 1.807) is 14.2 Å². The van der Waals surface area contributed by atoms with Crippen LogP contribution >= 0.6 is 31.9 Å². The van der Waals surface area contributed by atoms with Crippen LogP contribution in [0.5, 0.6) is 11.5 Å². The zero-order valence-corrected chi connectivity index (χ0v) is 14.6. The predicted molar refractivity (Wildman–Crippen MR) is 85.5 cm³/mol. The summed E-state index contributed by atoms with van der Waals surface area (Å²) in [4.78, 5) is 0.366. The molecule has 19 heavy (non-hydrogen) atoms. The van der Waals surface area contributed by atoms with Gasteiger partial charge in [-0.05, 0) is 30.0 Å². The van der Waals surface area contributed by atoms with Crippen molar-refractivity contribution in [3.8, 4) is 11.5 Å². The summed E-state index contributed by atoms with van der Waals surface area (Å²) < 4.78 is 11.8. The second kappa shape index (κ2) is 6.98. The van der Waals surface area contributed by atoms with Crippen molar-refractivity contribution in [2.75, 3.05) is 14.2 Å². The molecule has 2 rings (SSSR count). The molecule has 1 saturated carbocycles. The number of benzene rings is 1. The molecular formula is C15H20Br2O2. The van der Waals surface area contributed by atoms with E-state index in [-0.39, 0.29) is 0 Å². The lowest BCUT2D eigenvalue weighted by molar-refractivity contribution is 0.354. The Morgan fingerprint density at radius 1 is 1.16 bits per heavy atom. The maximum Gasteiger partial charge on any atom is 0.161 e. The van der Waals surface area contributed by atoms with Gasteiger partial charge >= 0.3 is 0 Å². The molecule has 0 aliphatic heterocycles. The van der Waals surface area contributed by atoms with Gasteiger partial charge in [-0.2, -0.15) is 0 Å². The Morgan fingerprint density at radius 2 is 1.74 bits per heavy atom. The van der Waals surface area contributed by atoms with Crippen molar-refractivity contribution in [3.63, 3.8) is 0 Å². The molecule has 1 unspecified atom stereocenters. The Labute approximate surface area is 132 Å². The zero-order chi connectivity index (χ0) is 13.8. The van der Waals surface area contributed by atoms with Gasteiger partial charge in [-0.1, -0.05) is 57.5 Å². The number of halogens is 2. The van der Waals surface area contributed by atoms with Crippen LogP contribution in [-0.4, -0.2) is 14.2 Å². The molecule has 0 bridgehead atoms. The third kappa shape index (κ3) is 3.66. The average molecular weight is 392 g/mol. The molecule has 0 heterocycles. The summed E-state index contributed by atoms with van der Waals surface area (Å²) in [5.74, 6) is 2.40. The van der Waals surface area contributed by atoms with E-state index in [9.17, 15) is 0 Å². The highest BCUT2D eigenvalue weighted by Gasteiger charge is 2.22. The van der Waals surface area contributed by atoms with Crippen molar-refractivity contribution in [1.82, 2.24) is 0 Å². The van der Waals surface area contributed by atoms with Gasteiger partial charge in [0.05, 0.1) is 14.2 Å². The van der Waals surface area contributed by atoms with Crippen LogP contribution in [0, 0.1) is 5.92 Å². The van der Waals surface area contributed by atoms with Gasteiger partial charge in [0.25, 0.3) is 0 Å². The van der Waals surface area contributed by atoms with E-state index in [1.165, 1.54) is 37.7 Å². The molecule has 1 fully saturated rings. The lowest BCUT2D eigenvalue weighted by Gasteiger charge is -2.18. The van der Waals surface area contributed by atoms with Crippen molar-refractivity contribution in [2.24, 2.45) is 5.92 Å². The molecule has 1 aliphatic carbocycles. The van der Waals surface area contributed by atoms with Crippen LogP contribution in [0.1, 0.15) is 42.5 Å². The molecule has 1 aromatic carbocycles. The molecule has 0 N–H and O–H groups in total. The van der Waals surface area contributed by atoms with Crippen molar-refractivity contribution in [1.29, 1.82) is 0 Å². The fourth-order valence-corrected chi connectivity index (χ4v) is 4.59. The highest BCUT2D eigenvalue weighted by atomic mass is 79.9. The maximum atomic E-state index is 5.39.